The van der Waals surface area contributed by atoms with Crippen LogP contribution in [0.4, 0.5) is 0 Å². The van der Waals surface area contributed by atoms with Gasteiger partial charge >= 0.3 is 0 Å². The molecule has 1 aromatic rings. The summed E-state index contributed by atoms with van der Waals surface area (Å²) in [5, 5.41) is 4.09. The molecule has 96 valence electrons. The van der Waals surface area contributed by atoms with Crippen LogP contribution in [0.25, 0.3) is 0 Å². The quantitative estimate of drug-likeness (QED) is 0.825. The minimum Gasteiger partial charge on any atom is -0.339 e. The number of hydrogen-bond acceptors (Lipinski definition) is 4. The molecule has 0 bridgehead atoms. The molecule has 4 nitrogen and oxygen atoms in total. The van der Waals surface area contributed by atoms with Gasteiger partial charge < -0.3 is 10.3 Å². The third-order valence-corrected chi connectivity index (χ3v) is 3.82. The molecule has 1 fully saturated rings. The van der Waals surface area contributed by atoms with Crippen molar-refractivity contribution in [2.24, 2.45) is 17.1 Å². The summed E-state index contributed by atoms with van der Waals surface area (Å²) in [6, 6.07) is 0. The lowest BCUT2D eigenvalue weighted by atomic mass is 10.0. The molecule has 2 atom stereocenters. The van der Waals surface area contributed by atoms with Crippen molar-refractivity contribution in [3.05, 3.63) is 11.7 Å². The second kappa shape index (κ2) is 4.77. The highest BCUT2D eigenvalue weighted by Gasteiger charge is 2.49. The Labute approximate surface area is 103 Å². The van der Waals surface area contributed by atoms with Crippen molar-refractivity contribution < 1.29 is 4.52 Å². The molecule has 1 aromatic heterocycles. The van der Waals surface area contributed by atoms with Crippen molar-refractivity contribution >= 4 is 0 Å². The first-order valence-electron chi connectivity index (χ1n) is 6.55. The molecule has 17 heavy (non-hydrogen) atoms. The van der Waals surface area contributed by atoms with Gasteiger partial charge in [-0.1, -0.05) is 25.9 Å². The summed E-state index contributed by atoms with van der Waals surface area (Å²) in [6.07, 6.45) is 4.19. The fraction of sp³-hybridized carbons (Fsp3) is 0.846. The van der Waals surface area contributed by atoms with Crippen LogP contribution in [0.5, 0.6) is 0 Å². The number of aryl methyl sites for hydroxylation is 1. The predicted molar refractivity (Wildman–Crippen MR) is 66.6 cm³/mol. The van der Waals surface area contributed by atoms with Crippen molar-refractivity contribution in [2.45, 2.75) is 52.4 Å². The van der Waals surface area contributed by atoms with Gasteiger partial charge in [0.05, 0.1) is 0 Å². The lowest BCUT2D eigenvalue weighted by Crippen LogP contribution is -2.06. The molecule has 0 saturated heterocycles. The van der Waals surface area contributed by atoms with Crippen molar-refractivity contribution in [1.29, 1.82) is 0 Å². The number of nitrogens with two attached hydrogens (primary N) is 1. The Bertz CT molecular complexity index is 372. The van der Waals surface area contributed by atoms with Gasteiger partial charge in [0, 0.05) is 12.3 Å². The molecule has 0 aliphatic heterocycles. The van der Waals surface area contributed by atoms with E-state index in [1.807, 2.05) is 0 Å². The summed E-state index contributed by atoms with van der Waals surface area (Å²) in [6.45, 7) is 7.47. The van der Waals surface area contributed by atoms with Gasteiger partial charge in [0.15, 0.2) is 5.82 Å². The fourth-order valence-electron chi connectivity index (χ4n) is 2.22. The molecule has 2 N–H and O–H groups in total. The van der Waals surface area contributed by atoms with Crippen LogP contribution in [0.3, 0.4) is 0 Å². The first kappa shape index (κ1) is 12.6. The summed E-state index contributed by atoms with van der Waals surface area (Å²) in [7, 11) is 0. The van der Waals surface area contributed by atoms with Crippen molar-refractivity contribution in [1.82, 2.24) is 10.1 Å². The van der Waals surface area contributed by atoms with Gasteiger partial charge in [-0.25, -0.2) is 0 Å². The van der Waals surface area contributed by atoms with E-state index in [2.05, 4.69) is 30.9 Å². The van der Waals surface area contributed by atoms with E-state index in [0.29, 0.717) is 17.3 Å². The minimum absolute atomic E-state index is 0.369. The van der Waals surface area contributed by atoms with Crippen LogP contribution in [0.15, 0.2) is 4.52 Å². The van der Waals surface area contributed by atoms with E-state index in [-0.39, 0.29) is 0 Å². The number of nitrogens with zero attached hydrogens (tertiary/aromatic N) is 2. The molecule has 0 radical (unpaired) electrons. The summed E-state index contributed by atoms with van der Waals surface area (Å²) < 4.78 is 5.30. The number of rotatable bonds is 6. The molecular weight excluding hydrogens is 214 g/mol. The number of hydrogen-bond donors (Lipinski definition) is 1. The zero-order valence-corrected chi connectivity index (χ0v) is 11.1. The Balaban J connectivity index is 1.83. The average Bonchev–Trinajstić information content (AvgIpc) is 2.73. The normalized spacial score (nSPS) is 23.6. The van der Waals surface area contributed by atoms with Gasteiger partial charge in [-0.2, -0.15) is 4.98 Å². The third-order valence-electron chi connectivity index (χ3n) is 3.82. The van der Waals surface area contributed by atoms with E-state index in [1.54, 1.807) is 0 Å². The van der Waals surface area contributed by atoms with Gasteiger partial charge in [0.25, 0.3) is 0 Å². The topological polar surface area (TPSA) is 64.9 Å². The van der Waals surface area contributed by atoms with Gasteiger partial charge in [0.1, 0.15) is 0 Å². The van der Waals surface area contributed by atoms with Gasteiger partial charge in [-0.05, 0) is 37.1 Å². The molecule has 0 aromatic carbocycles. The summed E-state index contributed by atoms with van der Waals surface area (Å²) in [5.41, 5.74) is 5.90. The maximum Gasteiger partial charge on any atom is 0.226 e. The smallest absolute Gasteiger partial charge is 0.226 e. The summed E-state index contributed by atoms with van der Waals surface area (Å²) in [5.74, 6) is 2.82. The van der Waals surface area contributed by atoms with E-state index in [9.17, 15) is 0 Å². The van der Waals surface area contributed by atoms with E-state index in [1.165, 1.54) is 6.42 Å². The predicted octanol–water partition coefficient (Wildman–Crippen LogP) is 2.50. The molecule has 1 aliphatic carbocycles. The maximum absolute atomic E-state index is 5.53. The highest BCUT2D eigenvalue weighted by atomic mass is 16.5. The van der Waals surface area contributed by atoms with Crippen LogP contribution in [0.2, 0.25) is 0 Å². The van der Waals surface area contributed by atoms with Crippen LogP contribution < -0.4 is 5.73 Å². The van der Waals surface area contributed by atoms with Crippen molar-refractivity contribution in [3.63, 3.8) is 0 Å². The van der Waals surface area contributed by atoms with E-state index in [4.69, 9.17) is 10.3 Å². The highest BCUT2D eigenvalue weighted by molar-refractivity contribution is 5.14. The van der Waals surface area contributed by atoms with Gasteiger partial charge in [0.2, 0.25) is 5.89 Å². The van der Waals surface area contributed by atoms with Crippen LogP contribution in [-0.2, 0) is 6.42 Å². The van der Waals surface area contributed by atoms with Crippen molar-refractivity contribution in [2.75, 3.05) is 6.54 Å². The highest BCUT2D eigenvalue weighted by Crippen LogP contribution is 2.57. The maximum atomic E-state index is 5.53. The standard InChI is InChI=1S/C13H23N3O/c1-9(6-7-14)4-5-11-15-12(16-17-11)10-8-13(10,2)3/h9-10H,4-8,14H2,1-3H3. The van der Waals surface area contributed by atoms with Crippen LogP contribution in [0.1, 0.15) is 57.7 Å². The van der Waals surface area contributed by atoms with Crippen molar-refractivity contribution in [3.8, 4) is 0 Å². The van der Waals surface area contributed by atoms with Gasteiger partial charge in [-0.15, -0.1) is 0 Å². The van der Waals surface area contributed by atoms with E-state index in [0.717, 1.165) is 37.5 Å². The Kier molecular flexibility index (Phi) is 3.52. The lowest BCUT2D eigenvalue weighted by molar-refractivity contribution is 0.357. The van der Waals surface area contributed by atoms with Crippen LogP contribution >= 0.6 is 0 Å². The van der Waals surface area contributed by atoms with E-state index >= 15 is 0 Å². The molecule has 0 spiro atoms. The molecule has 0 amide bonds. The molecular formula is C13H23N3O. The molecule has 2 unspecified atom stereocenters. The molecule has 4 heteroatoms. The van der Waals surface area contributed by atoms with E-state index < -0.39 is 0 Å². The Morgan fingerprint density at radius 1 is 1.47 bits per heavy atom. The van der Waals surface area contributed by atoms with Gasteiger partial charge in [-0.3, -0.25) is 0 Å². The minimum atomic E-state index is 0.369. The Morgan fingerprint density at radius 3 is 2.76 bits per heavy atom. The third kappa shape index (κ3) is 3.06. The first-order chi connectivity index (χ1) is 8.03. The average molecular weight is 237 g/mol. The molecule has 1 saturated carbocycles. The Morgan fingerprint density at radius 2 is 2.18 bits per heavy atom. The first-order valence-corrected chi connectivity index (χ1v) is 6.55. The molecule has 2 rings (SSSR count). The summed E-state index contributed by atoms with van der Waals surface area (Å²) in [4.78, 5) is 4.49. The summed E-state index contributed by atoms with van der Waals surface area (Å²) >= 11 is 0. The van der Waals surface area contributed by atoms with Crippen LogP contribution in [-0.4, -0.2) is 16.7 Å². The monoisotopic (exact) mass is 237 g/mol. The second-order valence-electron chi connectivity index (χ2n) is 6.01. The second-order valence-corrected chi connectivity index (χ2v) is 6.01. The Hall–Kier alpha value is -0.900. The lowest BCUT2D eigenvalue weighted by Gasteiger charge is -2.06. The molecule has 1 aliphatic rings. The molecule has 1 heterocycles. The fourth-order valence-corrected chi connectivity index (χ4v) is 2.22. The SMILES string of the molecule is CC(CCN)CCc1nc(C2CC2(C)C)no1. The largest absolute Gasteiger partial charge is 0.339 e. The van der Waals surface area contributed by atoms with Crippen LogP contribution in [0, 0.1) is 11.3 Å². The zero-order chi connectivity index (χ0) is 12.5. The number of aromatic nitrogens is 2. The zero-order valence-electron chi connectivity index (χ0n) is 11.1.